The summed E-state index contributed by atoms with van der Waals surface area (Å²) < 4.78 is 54.5. The normalized spacial score (nSPS) is 38.7. The summed E-state index contributed by atoms with van der Waals surface area (Å²) in [5.74, 6) is -5.92. The van der Waals surface area contributed by atoms with Crippen molar-refractivity contribution in [3.8, 4) is 5.75 Å². The van der Waals surface area contributed by atoms with Gasteiger partial charge in [0.15, 0.2) is 6.10 Å². The van der Waals surface area contributed by atoms with E-state index in [9.17, 15) is 14.7 Å². The average Bonchev–Trinajstić information content (AvgIpc) is 3.89. The molecule has 1 saturated carbocycles. The van der Waals surface area contributed by atoms with Crippen LogP contribution in [-0.2, 0) is 39.4 Å². The van der Waals surface area contributed by atoms with Crippen molar-refractivity contribution in [1.29, 1.82) is 0 Å². The number of nitrogens with one attached hydrogen (secondary N) is 1. The quantitative estimate of drug-likeness (QED) is 0.221. The second-order valence-corrected chi connectivity index (χ2v) is 18.7. The minimum absolute atomic E-state index is 0.187. The van der Waals surface area contributed by atoms with Crippen LogP contribution in [0.25, 0.3) is 0 Å². The van der Waals surface area contributed by atoms with Crippen molar-refractivity contribution in [2.75, 3.05) is 71.3 Å². The smallest absolute Gasteiger partial charge is 0.344 e. The molecule has 2 N–H and O–H groups in total. The zero-order valence-electron chi connectivity index (χ0n) is 35.6. The Morgan fingerprint density at radius 2 is 1.77 bits per heavy atom. The third kappa shape index (κ3) is 5.37. The summed E-state index contributed by atoms with van der Waals surface area (Å²) in [5.41, 5.74) is -1.69. The van der Waals surface area contributed by atoms with Gasteiger partial charge in [-0.05, 0) is 81.3 Å². The first kappa shape index (κ1) is 41.1. The molecule has 3 saturated heterocycles. The van der Waals surface area contributed by atoms with Gasteiger partial charge in [-0.25, -0.2) is 13.6 Å². The Hall–Kier alpha value is -4.27. The molecule has 4 unspecified atom stereocenters. The third-order valence-corrected chi connectivity index (χ3v) is 16.1. The van der Waals surface area contributed by atoms with Gasteiger partial charge in [-0.3, -0.25) is 14.5 Å². The Kier molecular flexibility index (Phi) is 9.68. The molecule has 0 amide bonds. The molecular formula is C46H58F2N4O8. The molecule has 4 fully saturated rings. The predicted molar refractivity (Wildman–Crippen MR) is 219 cm³/mol. The van der Waals surface area contributed by atoms with Gasteiger partial charge in [0.25, 0.3) is 0 Å². The second-order valence-electron chi connectivity index (χ2n) is 18.7. The molecule has 14 heteroatoms. The number of hydrogen-bond acceptors (Lipinski definition) is 12. The first-order valence-corrected chi connectivity index (χ1v) is 21.5. The molecule has 7 aliphatic rings. The fraction of sp³-hybridized carbons (Fsp3) is 0.630. The van der Waals surface area contributed by atoms with Gasteiger partial charge in [-0.2, -0.15) is 0 Å². The first-order chi connectivity index (χ1) is 28.6. The Balaban J connectivity index is 1.32. The number of carbonyl (C=O) groups excluding carboxylic acids is 3. The molecule has 2 aromatic rings. The first-order valence-electron chi connectivity index (χ1n) is 21.5. The molecule has 2 bridgehead atoms. The van der Waals surface area contributed by atoms with E-state index in [1.165, 1.54) is 21.1 Å². The number of rotatable bonds is 7. The van der Waals surface area contributed by atoms with Crippen molar-refractivity contribution in [1.82, 2.24) is 9.80 Å². The Labute approximate surface area is 350 Å². The maximum Gasteiger partial charge on any atom is 0.344 e. The molecule has 6 heterocycles. The molecule has 2 aromatic carbocycles. The Morgan fingerprint density at radius 1 is 1.02 bits per heavy atom. The summed E-state index contributed by atoms with van der Waals surface area (Å²) in [6.07, 6.45) is 4.78. The van der Waals surface area contributed by atoms with Gasteiger partial charge >= 0.3 is 17.9 Å². The van der Waals surface area contributed by atoms with Crippen molar-refractivity contribution in [3.63, 3.8) is 0 Å². The van der Waals surface area contributed by atoms with Gasteiger partial charge in [0.2, 0.25) is 11.5 Å². The second kappa shape index (κ2) is 14.1. The van der Waals surface area contributed by atoms with E-state index < -0.39 is 69.8 Å². The number of aliphatic hydroxyl groups is 1. The van der Waals surface area contributed by atoms with Gasteiger partial charge in [0.1, 0.15) is 11.2 Å². The number of ether oxygens (including phenoxy) is 4. The lowest BCUT2D eigenvalue weighted by molar-refractivity contribution is -0.228. The Bertz CT molecular complexity index is 2130. The summed E-state index contributed by atoms with van der Waals surface area (Å²) in [7, 11) is 6.01. The van der Waals surface area contributed by atoms with Crippen LogP contribution in [0, 0.1) is 17.3 Å². The zero-order valence-corrected chi connectivity index (χ0v) is 35.6. The van der Waals surface area contributed by atoms with E-state index in [1.807, 2.05) is 55.3 Å². The van der Waals surface area contributed by atoms with E-state index >= 15 is 13.6 Å². The topological polar surface area (TPSA) is 130 Å². The molecule has 12 nitrogen and oxygen atoms in total. The van der Waals surface area contributed by atoms with Crippen molar-refractivity contribution >= 4 is 29.3 Å². The lowest BCUT2D eigenvalue weighted by atomic mass is 9.47. The fourth-order valence-corrected chi connectivity index (χ4v) is 14.0. The van der Waals surface area contributed by atoms with Gasteiger partial charge in [0, 0.05) is 85.3 Å². The fourth-order valence-electron chi connectivity index (χ4n) is 14.0. The molecule has 1 spiro atoms. The molecular weight excluding hydrogens is 775 g/mol. The summed E-state index contributed by atoms with van der Waals surface area (Å²) in [6.45, 7) is 6.94. The van der Waals surface area contributed by atoms with E-state index in [0.29, 0.717) is 62.4 Å². The number of piperidine rings is 1. The molecule has 60 heavy (non-hydrogen) atoms. The third-order valence-electron chi connectivity index (χ3n) is 16.1. The predicted octanol–water partition coefficient (Wildman–Crippen LogP) is 5.02. The molecule has 6 aliphatic heterocycles. The summed E-state index contributed by atoms with van der Waals surface area (Å²) >= 11 is 0. The van der Waals surface area contributed by atoms with Crippen LogP contribution in [0.3, 0.4) is 0 Å². The number of esters is 3. The highest BCUT2D eigenvalue weighted by molar-refractivity contribution is 5.90. The van der Waals surface area contributed by atoms with Crippen molar-refractivity contribution in [2.24, 2.45) is 17.3 Å². The monoisotopic (exact) mass is 832 g/mol. The number of anilines is 2. The number of alkyl halides is 2. The number of benzene rings is 2. The van der Waals surface area contributed by atoms with Gasteiger partial charge in [-0.15, -0.1) is 0 Å². The van der Waals surface area contributed by atoms with Crippen LogP contribution in [0.1, 0.15) is 75.5 Å². The number of nitrogens with zero attached hydrogens (tertiary/aromatic N) is 3. The lowest BCUT2D eigenvalue weighted by Crippen LogP contribution is -2.81. The molecule has 9 rings (SSSR count). The molecule has 1 aliphatic carbocycles. The maximum absolute atomic E-state index is 15.4. The lowest BCUT2D eigenvalue weighted by Gasteiger charge is -2.63. The van der Waals surface area contributed by atoms with Crippen LogP contribution < -0.4 is 15.0 Å². The highest BCUT2D eigenvalue weighted by atomic mass is 19.3. The molecule has 12 atom stereocenters. The van der Waals surface area contributed by atoms with E-state index in [-0.39, 0.29) is 37.3 Å². The number of halogens is 2. The largest absolute Gasteiger partial charge is 0.496 e. The van der Waals surface area contributed by atoms with Crippen LogP contribution >= 0.6 is 0 Å². The van der Waals surface area contributed by atoms with Crippen molar-refractivity contribution in [3.05, 3.63) is 65.2 Å². The van der Waals surface area contributed by atoms with Crippen LogP contribution in [0.5, 0.6) is 5.75 Å². The van der Waals surface area contributed by atoms with E-state index in [0.717, 1.165) is 23.7 Å². The standard InChI is InChI=1S/C46H58F2N4O8/c1-8-43-15-11-17-52-19-16-44(37(43)52)31-21-32(35(57-5)22-34(31)50(4)38(44)46(56,41(55)59-7)39(43)60-26(2)53)45(40(54)58-6)23-27-20-28(42(3,47)48)25-51(24-27)18-14-30-29-12-9-10-13-33(29)49-36(30)45/h9-13,15,21-22,27-28,30,36-39,49,56H,8,14,16-20,23-25H2,1-7H3/t27?,28-,30?,36?,37+,38-,39-,43-,44-,45+,46-/m1/s1. The van der Waals surface area contributed by atoms with E-state index in [4.69, 9.17) is 18.9 Å². The SMILES string of the molecule is CC[C@]12C=CCN3CC[C@@]4(c5cc([C@@]6(C(=O)OC)CC7C[C@@H](C(C)(F)F)CN(CCC8c9ccccc9NC86)C7)c(OC)cc5N(C)[C@H]4[C@](O)(C(=O)OC)[C@@H]1OC(C)=O)[C@@H]32. The number of carbonyl (C=O) groups is 3. The van der Waals surface area contributed by atoms with Gasteiger partial charge in [-0.1, -0.05) is 37.3 Å². The number of likely N-dealkylation sites (N-methyl/N-ethyl adjacent to an activating group) is 1. The number of hydrogen-bond donors (Lipinski definition) is 2. The van der Waals surface area contributed by atoms with E-state index in [2.05, 4.69) is 27.2 Å². The minimum Gasteiger partial charge on any atom is -0.496 e. The number of methoxy groups -OCH3 is 3. The Morgan fingerprint density at radius 3 is 2.45 bits per heavy atom. The highest BCUT2D eigenvalue weighted by Gasteiger charge is 2.80. The number of para-hydroxylation sites is 1. The van der Waals surface area contributed by atoms with Gasteiger partial charge < -0.3 is 39.2 Å². The molecule has 324 valence electrons. The zero-order chi connectivity index (χ0) is 42.7. The molecule has 0 aromatic heterocycles. The van der Waals surface area contributed by atoms with Crippen molar-refractivity contribution < 1.29 is 47.2 Å². The average molecular weight is 833 g/mol. The van der Waals surface area contributed by atoms with Crippen LogP contribution in [0.15, 0.2) is 48.6 Å². The maximum atomic E-state index is 15.4. The minimum atomic E-state index is -2.92. The summed E-state index contributed by atoms with van der Waals surface area (Å²) in [6, 6.07) is 10.2. The van der Waals surface area contributed by atoms with Crippen LogP contribution in [0.2, 0.25) is 0 Å². The van der Waals surface area contributed by atoms with Gasteiger partial charge in [0.05, 0.1) is 33.4 Å². The number of fused-ring (bicyclic) bond motifs is 6. The highest BCUT2D eigenvalue weighted by Crippen LogP contribution is 2.68. The van der Waals surface area contributed by atoms with E-state index in [1.54, 1.807) is 7.11 Å². The van der Waals surface area contributed by atoms with Crippen molar-refractivity contribution in [2.45, 2.75) is 105 Å². The van der Waals surface area contributed by atoms with Crippen LogP contribution in [-0.4, -0.2) is 130 Å². The van der Waals surface area contributed by atoms with Crippen LogP contribution in [0.4, 0.5) is 20.2 Å². The molecule has 0 radical (unpaired) electrons. The summed E-state index contributed by atoms with van der Waals surface area (Å²) in [4.78, 5) is 49.1. The summed E-state index contributed by atoms with van der Waals surface area (Å²) in [5, 5.41) is 17.1.